The third-order valence-corrected chi connectivity index (χ3v) is 16.7. The lowest BCUT2D eigenvalue weighted by atomic mass is 9.81. The number of anilines is 6. The van der Waals surface area contributed by atoms with Gasteiger partial charge in [-0.3, -0.25) is 0 Å². The van der Waals surface area contributed by atoms with Crippen molar-refractivity contribution < 1.29 is 0 Å². The number of hydrogen-bond donors (Lipinski definition) is 0. The summed E-state index contributed by atoms with van der Waals surface area (Å²) >= 11 is 0. The molecular weight excluding hydrogens is 941 g/mol. The Morgan fingerprint density at radius 2 is 0.551 bits per heavy atom. The Hall–Kier alpha value is -8.98. The smallest absolute Gasteiger partial charge is 0.0465 e. The second-order valence-corrected chi connectivity index (χ2v) is 23.0. The van der Waals surface area contributed by atoms with E-state index in [1.807, 2.05) is 0 Å². The van der Waals surface area contributed by atoms with Gasteiger partial charge in [-0.05, 0) is 223 Å². The molecule has 2 nitrogen and oxygen atoms in total. The van der Waals surface area contributed by atoms with E-state index in [2.05, 4.69) is 308 Å². The SMILES string of the molecule is Cc1cccc(N(c2cccc(C)c2)c2ccc3c(c2)C(C)(C)c2cc(C=Cc4ccc5c(ccc6cc(C=Cc7ccc8c(c7)C(C)(C)c7cc(N(c9cccc(C)c9)c9cccc(C)c9)ccc7-8)ccc65)c4)ccc2-3)c1. The lowest BCUT2D eigenvalue weighted by Gasteiger charge is -2.28. The first-order valence-corrected chi connectivity index (χ1v) is 27.5. The molecule has 2 aliphatic carbocycles. The molecule has 0 bridgehead atoms. The molecule has 2 aliphatic rings. The summed E-state index contributed by atoms with van der Waals surface area (Å²) in [6, 6.07) is 81.6. The Bertz CT molecular complexity index is 3910. The van der Waals surface area contributed by atoms with Gasteiger partial charge >= 0.3 is 0 Å². The normalized spacial score (nSPS) is 13.7. The van der Waals surface area contributed by atoms with Gasteiger partial charge in [0.25, 0.3) is 0 Å². The van der Waals surface area contributed by atoms with Crippen molar-refractivity contribution in [1.82, 2.24) is 0 Å². The summed E-state index contributed by atoms with van der Waals surface area (Å²) in [5.41, 5.74) is 27.2. The molecule has 0 saturated carbocycles. The maximum Gasteiger partial charge on any atom is 0.0465 e. The Balaban J connectivity index is 0.726. The van der Waals surface area contributed by atoms with E-state index in [0.717, 1.165) is 0 Å². The fraction of sp³-hybridized carbons (Fsp3) is 0.132. The molecule has 0 N–H and O–H groups in total. The molecule has 0 aliphatic heterocycles. The van der Waals surface area contributed by atoms with Gasteiger partial charge in [0, 0.05) is 45.0 Å². The molecule has 2 heteroatoms. The third-order valence-electron chi connectivity index (χ3n) is 16.7. The molecule has 11 aromatic carbocycles. The lowest BCUT2D eigenvalue weighted by Crippen LogP contribution is -2.16. The summed E-state index contributed by atoms with van der Waals surface area (Å²) in [5, 5.41) is 5.02. The maximum absolute atomic E-state index is 2.42. The van der Waals surface area contributed by atoms with E-state index in [-0.39, 0.29) is 10.8 Å². The summed E-state index contributed by atoms with van der Waals surface area (Å²) < 4.78 is 0. The molecule has 0 spiro atoms. The van der Waals surface area contributed by atoms with Crippen molar-refractivity contribution in [3.63, 3.8) is 0 Å². The van der Waals surface area contributed by atoms with Crippen LogP contribution in [-0.4, -0.2) is 0 Å². The zero-order valence-electron chi connectivity index (χ0n) is 46.0. The van der Waals surface area contributed by atoms with Gasteiger partial charge in [0.15, 0.2) is 0 Å². The number of hydrogen-bond acceptors (Lipinski definition) is 2. The van der Waals surface area contributed by atoms with Crippen LogP contribution in [0.5, 0.6) is 0 Å². The highest BCUT2D eigenvalue weighted by molar-refractivity contribution is 6.08. The highest BCUT2D eigenvalue weighted by Gasteiger charge is 2.38. The zero-order chi connectivity index (χ0) is 53.5. The lowest BCUT2D eigenvalue weighted by molar-refractivity contribution is 0.660. The second kappa shape index (κ2) is 18.9. The molecule has 11 aromatic rings. The Morgan fingerprint density at radius 1 is 0.269 bits per heavy atom. The molecule has 13 rings (SSSR count). The van der Waals surface area contributed by atoms with Gasteiger partial charge in [0.05, 0.1) is 0 Å². The van der Waals surface area contributed by atoms with Gasteiger partial charge in [0.1, 0.15) is 0 Å². The molecule has 378 valence electrons. The number of benzene rings is 11. The van der Waals surface area contributed by atoms with E-state index in [1.54, 1.807) is 0 Å². The van der Waals surface area contributed by atoms with Gasteiger partial charge in [-0.1, -0.05) is 185 Å². The van der Waals surface area contributed by atoms with Crippen LogP contribution in [0, 0.1) is 27.7 Å². The minimum Gasteiger partial charge on any atom is -0.310 e. The number of nitrogens with zero attached hydrogens (tertiary/aromatic N) is 2. The molecule has 0 aromatic heterocycles. The topological polar surface area (TPSA) is 6.48 Å². The van der Waals surface area contributed by atoms with Crippen LogP contribution in [0.3, 0.4) is 0 Å². The summed E-state index contributed by atoms with van der Waals surface area (Å²) in [6.07, 6.45) is 9.06. The molecule has 0 unspecified atom stereocenters. The Kier molecular flexibility index (Phi) is 11.8. The quantitative estimate of drug-likeness (QED) is 0.0995. The summed E-state index contributed by atoms with van der Waals surface area (Å²) in [6.45, 7) is 18.2. The number of fused-ring (bicyclic) bond motifs is 9. The van der Waals surface area contributed by atoms with Crippen molar-refractivity contribution in [3.8, 4) is 22.3 Å². The third kappa shape index (κ3) is 8.63. The van der Waals surface area contributed by atoms with Crippen molar-refractivity contribution in [2.24, 2.45) is 0 Å². The average molecular weight is 1010 g/mol. The van der Waals surface area contributed by atoms with Crippen molar-refractivity contribution >= 4 is 80.0 Å². The first-order chi connectivity index (χ1) is 37.7. The van der Waals surface area contributed by atoms with Gasteiger partial charge in [-0.25, -0.2) is 0 Å². The number of aryl methyl sites for hydroxylation is 4. The summed E-state index contributed by atoms with van der Waals surface area (Å²) in [4.78, 5) is 4.79. The summed E-state index contributed by atoms with van der Waals surface area (Å²) in [7, 11) is 0. The van der Waals surface area contributed by atoms with Crippen molar-refractivity contribution in [2.45, 2.75) is 66.2 Å². The standard InChI is InChI=1S/C76H64N2/c1-49-13-9-17-59(39-49)77(60-18-10-14-50(2)40-60)63-31-37-69-67-35-27-55(45-71(67)75(5,6)73(69)47-63)23-21-53-25-33-65-57(43-53)29-30-58-44-54(26-34-66(58)65)22-24-56-28-36-68-70-38-32-64(48-74(70)76(7,8)72(68)46-56)78(61-19-11-15-51(3)41-61)62-20-12-16-52(4)42-62/h9-48H,1-8H3. The Morgan fingerprint density at radius 3 is 0.885 bits per heavy atom. The molecule has 0 fully saturated rings. The minimum absolute atomic E-state index is 0.165. The molecule has 0 saturated heterocycles. The van der Waals surface area contributed by atoms with Crippen LogP contribution in [0.1, 0.15) is 94.5 Å². The number of rotatable bonds is 10. The highest BCUT2D eigenvalue weighted by atomic mass is 15.1. The molecular formula is C76H64N2. The highest BCUT2D eigenvalue weighted by Crippen LogP contribution is 2.53. The van der Waals surface area contributed by atoms with Gasteiger partial charge < -0.3 is 9.80 Å². The van der Waals surface area contributed by atoms with Crippen LogP contribution < -0.4 is 9.80 Å². The van der Waals surface area contributed by atoms with Crippen LogP contribution in [0.2, 0.25) is 0 Å². The molecule has 0 heterocycles. The molecule has 0 radical (unpaired) electrons. The van der Waals surface area contributed by atoms with E-state index in [9.17, 15) is 0 Å². The monoisotopic (exact) mass is 1000 g/mol. The second-order valence-electron chi connectivity index (χ2n) is 23.0. The van der Waals surface area contributed by atoms with Crippen LogP contribution in [0.25, 0.3) is 68.1 Å². The predicted molar refractivity (Wildman–Crippen MR) is 336 cm³/mol. The van der Waals surface area contributed by atoms with E-state index in [1.165, 1.54) is 145 Å². The fourth-order valence-corrected chi connectivity index (χ4v) is 12.6. The summed E-state index contributed by atoms with van der Waals surface area (Å²) in [5.74, 6) is 0. The predicted octanol–water partition coefficient (Wildman–Crippen LogP) is 21.1. The van der Waals surface area contributed by atoms with Gasteiger partial charge in [-0.15, -0.1) is 0 Å². The van der Waals surface area contributed by atoms with E-state index < -0.39 is 0 Å². The zero-order valence-corrected chi connectivity index (χ0v) is 46.0. The van der Waals surface area contributed by atoms with Crippen LogP contribution in [0.4, 0.5) is 34.1 Å². The molecule has 0 atom stereocenters. The van der Waals surface area contributed by atoms with E-state index in [4.69, 9.17) is 0 Å². The van der Waals surface area contributed by atoms with Crippen LogP contribution in [0.15, 0.2) is 218 Å². The largest absolute Gasteiger partial charge is 0.310 e. The van der Waals surface area contributed by atoms with Crippen molar-refractivity contribution in [1.29, 1.82) is 0 Å². The minimum atomic E-state index is -0.165. The molecule has 78 heavy (non-hydrogen) atoms. The van der Waals surface area contributed by atoms with Crippen molar-refractivity contribution in [3.05, 3.63) is 285 Å². The average Bonchev–Trinajstić information content (AvgIpc) is 3.89. The van der Waals surface area contributed by atoms with Crippen molar-refractivity contribution in [2.75, 3.05) is 9.80 Å². The molecule has 0 amide bonds. The van der Waals surface area contributed by atoms with Crippen LogP contribution in [-0.2, 0) is 10.8 Å². The van der Waals surface area contributed by atoms with Gasteiger partial charge in [-0.2, -0.15) is 0 Å². The Labute approximate surface area is 460 Å². The first kappa shape index (κ1) is 48.6. The van der Waals surface area contributed by atoms with Gasteiger partial charge in [0.2, 0.25) is 0 Å². The first-order valence-electron chi connectivity index (χ1n) is 27.5. The van der Waals surface area contributed by atoms with Crippen LogP contribution >= 0.6 is 0 Å². The van der Waals surface area contributed by atoms with E-state index >= 15 is 0 Å². The maximum atomic E-state index is 2.42. The fourth-order valence-electron chi connectivity index (χ4n) is 12.6. The van der Waals surface area contributed by atoms with E-state index in [0.29, 0.717) is 0 Å².